The van der Waals surface area contributed by atoms with Crippen LogP contribution < -0.4 is 0 Å². The maximum absolute atomic E-state index is 10.1. The zero-order valence-corrected chi connectivity index (χ0v) is 36.6. The van der Waals surface area contributed by atoms with Crippen LogP contribution in [0.5, 0.6) is 0 Å². The summed E-state index contributed by atoms with van der Waals surface area (Å²) in [6.45, 7) is 4.69. The summed E-state index contributed by atoms with van der Waals surface area (Å²) in [5, 5.41) is 12.5. The van der Waals surface area contributed by atoms with E-state index in [2.05, 4.69) is 200 Å². The summed E-state index contributed by atoms with van der Waals surface area (Å²) >= 11 is 0. The second kappa shape index (κ2) is 15.6. The largest absolute Gasteiger partial charge is 0.309 e. The third-order valence-corrected chi connectivity index (χ3v) is 13.4. The lowest BCUT2D eigenvalue weighted by molar-refractivity contribution is 0.661. The van der Waals surface area contributed by atoms with Crippen molar-refractivity contribution in [3.05, 3.63) is 235 Å². The van der Waals surface area contributed by atoms with Crippen molar-refractivity contribution in [2.45, 2.75) is 19.3 Å². The summed E-state index contributed by atoms with van der Waals surface area (Å²) in [5.74, 6) is 0.647. The fourth-order valence-corrected chi connectivity index (χ4v) is 10.1. The second-order valence-corrected chi connectivity index (χ2v) is 17.8. The van der Waals surface area contributed by atoms with Crippen LogP contribution in [0.3, 0.4) is 0 Å². The van der Waals surface area contributed by atoms with E-state index in [4.69, 9.17) is 9.97 Å². The minimum Gasteiger partial charge on any atom is -0.309 e. The zero-order chi connectivity index (χ0) is 44.4. The van der Waals surface area contributed by atoms with Gasteiger partial charge >= 0.3 is 0 Å². The van der Waals surface area contributed by atoms with E-state index in [1.54, 1.807) is 0 Å². The van der Waals surface area contributed by atoms with Crippen LogP contribution in [0.25, 0.3) is 106 Å². The van der Waals surface area contributed by atoms with Crippen molar-refractivity contribution in [3.8, 4) is 90.2 Å². The van der Waals surface area contributed by atoms with E-state index in [1.165, 1.54) is 33.0 Å². The first-order valence-corrected chi connectivity index (χ1v) is 22.4. The van der Waals surface area contributed by atoms with Crippen molar-refractivity contribution in [1.82, 2.24) is 14.5 Å². The quantitative estimate of drug-likeness (QED) is 0.161. The molecule has 0 spiro atoms. The maximum Gasteiger partial charge on any atom is 0.160 e. The van der Waals surface area contributed by atoms with Crippen molar-refractivity contribution in [3.63, 3.8) is 0 Å². The Kier molecular flexibility index (Phi) is 9.19. The first kappa shape index (κ1) is 39.0. The molecule has 310 valence electrons. The molecule has 0 fully saturated rings. The molecule has 66 heavy (non-hydrogen) atoms. The molecule has 9 aromatic carbocycles. The van der Waals surface area contributed by atoms with E-state index in [-0.39, 0.29) is 5.41 Å². The molecule has 2 heterocycles. The normalized spacial score (nSPS) is 12.5. The van der Waals surface area contributed by atoms with E-state index in [0.29, 0.717) is 11.4 Å². The van der Waals surface area contributed by atoms with Gasteiger partial charge in [0.05, 0.1) is 34.1 Å². The molecular weight excluding hydrogens is 801 g/mol. The van der Waals surface area contributed by atoms with Gasteiger partial charge in [0.25, 0.3) is 0 Å². The van der Waals surface area contributed by atoms with Crippen molar-refractivity contribution in [1.29, 1.82) is 5.26 Å². The summed E-state index contributed by atoms with van der Waals surface area (Å²) in [6.07, 6.45) is 0. The van der Waals surface area contributed by atoms with Gasteiger partial charge in [0.1, 0.15) is 0 Å². The SMILES string of the molecule is CC1(C)c2ccccc2-c2cc3c4ccc(-c5ccccc5)cc4n(-c4cc(-c5cccc(C#N)c5)cc(-c5cc(-c6cccc(-c7ccccc7)c6)nc(-c6ccccc6)n5)c4)c3cc21. The fraction of sp³-hybridized carbons (Fsp3) is 0.0484. The summed E-state index contributed by atoms with van der Waals surface area (Å²) < 4.78 is 2.45. The molecule has 0 saturated carbocycles. The first-order valence-electron chi connectivity index (χ1n) is 22.4. The van der Waals surface area contributed by atoms with E-state index in [0.717, 1.165) is 78.2 Å². The number of hydrogen-bond donors (Lipinski definition) is 0. The monoisotopic (exact) mass is 842 g/mol. The summed E-state index contributed by atoms with van der Waals surface area (Å²) in [4.78, 5) is 10.6. The van der Waals surface area contributed by atoms with Crippen LogP contribution in [0.2, 0.25) is 0 Å². The molecule has 0 N–H and O–H groups in total. The predicted octanol–water partition coefficient (Wildman–Crippen LogP) is 15.8. The number of benzene rings is 9. The van der Waals surface area contributed by atoms with E-state index >= 15 is 0 Å². The standard InChI is InChI=1S/C62H42N4/c1-62(2)55-27-13-12-26-51(55)53-36-54-52-29-28-46(42-19-8-4-9-20-42)35-59(52)66(60(54)37-56(53)62)50-33-48(44-23-14-16-40(30-44)39-63)32-49(34-50)58-38-57(64-61(65-58)43-21-10-5-11-22-43)47-25-15-24-45(31-47)41-17-6-3-7-18-41/h3-38H,1-2H3. The predicted molar refractivity (Wildman–Crippen MR) is 271 cm³/mol. The lowest BCUT2D eigenvalue weighted by Gasteiger charge is -2.22. The third-order valence-electron chi connectivity index (χ3n) is 13.4. The number of nitrogens with zero attached hydrogens (tertiary/aromatic N) is 4. The van der Waals surface area contributed by atoms with E-state index in [1.807, 2.05) is 42.5 Å². The topological polar surface area (TPSA) is 54.5 Å². The van der Waals surface area contributed by atoms with Gasteiger partial charge in [-0.05, 0) is 116 Å². The first-order chi connectivity index (χ1) is 32.4. The molecule has 12 rings (SSSR count). The number of fused-ring (bicyclic) bond motifs is 6. The molecule has 1 aliphatic carbocycles. The Morgan fingerprint density at radius 1 is 0.394 bits per heavy atom. The highest BCUT2D eigenvalue weighted by Crippen LogP contribution is 2.51. The number of nitriles is 1. The summed E-state index contributed by atoms with van der Waals surface area (Å²) in [6, 6.07) is 79.6. The highest BCUT2D eigenvalue weighted by atomic mass is 15.0. The Bertz CT molecular complexity index is 3730. The van der Waals surface area contributed by atoms with Gasteiger partial charge in [0, 0.05) is 38.6 Å². The van der Waals surface area contributed by atoms with E-state index < -0.39 is 0 Å². The molecule has 0 atom stereocenters. The van der Waals surface area contributed by atoms with Crippen LogP contribution in [0.1, 0.15) is 30.5 Å². The average molecular weight is 843 g/mol. The smallest absolute Gasteiger partial charge is 0.160 e. The third kappa shape index (κ3) is 6.60. The molecule has 0 unspecified atom stereocenters. The van der Waals surface area contributed by atoms with Gasteiger partial charge in [-0.15, -0.1) is 0 Å². The van der Waals surface area contributed by atoms with Gasteiger partial charge in [-0.1, -0.05) is 172 Å². The number of rotatable bonds is 7. The van der Waals surface area contributed by atoms with E-state index in [9.17, 15) is 5.26 Å². The minimum absolute atomic E-state index is 0.190. The highest BCUT2D eigenvalue weighted by Gasteiger charge is 2.36. The Morgan fingerprint density at radius 2 is 0.955 bits per heavy atom. The zero-order valence-electron chi connectivity index (χ0n) is 36.6. The molecule has 0 radical (unpaired) electrons. The van der Waals surface area contributed by atoms with Gasteiger partial charge < -0.3 is 4.57 Å². The molecule has 0 amide bonds. The number of aromatic nitrogens is 3. The van der Waals surface area contributed by atoms with Crippen molar-refractivity contribution in [2.24, 2.45) is 0 Å². The van der Waals surface area contributed by atoms with Gasteiger partial charge in [0.2, 0.25) is 0 Å². The van der Waals surface area contributed by atoms with Crippen LogP contribution >= 0.6 is 0 Å². The van der Waals surface area contributed by atoms with Crippen molar-refractivity contribution >= 4 is 21.8 Å². The van der Waals surface area contributed by atoms with Crippen molar-refractivity contribution in [2.75, 3.05) is 0 Å². The Labute approximate surface area is 384 Å². The highest BCUT2D eigenvalue weighted by molar-refractivity contribution is 6.12. The van der Waals surface area contributed by atoms with Crippen LogP contribution in [-0.2, 0) is 5.41 Å². The molecule has 1 aliphatic rings. The molecule has 2 aromatic heterocycles. The second-order valence-electron chi connectivity index (χ2n) is 17.8. The van der Waals surface area contributed by atoms with Gasteiger partial charge in [-0.2, -0.15) is 5.26 Å². The Hall–Kier alpha value is -8.65. The Balaban J connectivity index is 1.14. The molecule has 4 heteroatoms. The Morgan fingerprint density at radius 3 is 1.68 bits per heavy atom. The van der Waals surface area contributed by atoms with Crippen molar-refractivity contribution < 1.29 is 0 Å². The molecule has 11 aromatic rings. The molecule has 4 nitrogen and oxygen atoms in total. The van der Waals surface area contributed by atoms with Crippen LogP contribution in [0, 0.1) is 11.3 Å². The van der Waals surface area contributed by atoms with Gasteiger partial charge in [0.15, 0.2) is 5.82 Å². The molecule has 0 saturated heterocycles. The molecular formula is C62H42N4. The molecule has 0 bridgehead atoms. The van der Waals surface area contributed by atoms with Gasteiger partial charge in [-0.3, -0.25) is 0 Å². The van der Waals surface area contributed by atoms with Crippen LogP contribution in [0.4, 0.5) is 0 Å². The van der Waals surface area contributed by atoms with Crippen LogP contribution in [0.15, 0.2) is 218 Å². The van der Waals surface area contributed by atoms with Crippen LogP contribution in [-0.4, -0.2) is 14.5 Å². The maximum atomic E-state index is 10.1. The summed E-state index contributed by atoms with van der Waals surface area (Å²) in [7, 11) is 0. The lowest BCUT2D eigenvalue weighted by Crippen LogP contribution is -2.15. The average Bonchev–Trinajstić information content (AvgIpc) is 3.82. The summed E-state index contributed by atoms with van der Waals surface area (Å²) in [5.41, 5.74) is 19.9. The van der Waals surface area contributed by atoms with Gasteiger partial charge in [-0.25, -0.2) is 9.97 Å². The lowest BCUT2D eigenvalue weighted by atomic mass is 9.82. The minimum atomic E-state index is -0.190. The fourth-order valence-electron chi connectivity index (χ4n) is 10.1. The number of hydrogen-bond acceptors (Lipinski definition) is 3. The molecule has 0 aliphatic heterocycles.